The summed E-state index contributed by atoms with van der Waals surface area (Å²) in [5.41, 5.74) is 1.90. The summed E-state index contributed by atoms with van der Waals surface area (Å²) in [4.78, 5) is 11.1. The van der Waals surface area contributed by atoms with E-state index in [1.807, 2.05) is 0 Å². The first-order chi connectivity index (χ1) is 11.9. The fourth-order valence-electron chi connectivity index (χ4n) is 2.31. The molecule has 0 aliphatic carbocycles. The monoisotopic (exact) mass is 385 g/mol. The van der Waals surface area contributed by atoms with Gasteiger partial charge in [0.25, 0.3) is 5.92 Å². The zero-order chi connectivity index (χ0) is 17.9. The summed E-state index contributed by atoms with van der Waals surface area (Å²) >= 11 is 11.8. The van der Waals surface area contributed by atoms with Gasteiger partial charge in [0.05, 0.1) is 13.1 Å². The number of imidazole rings is 1. The zero-order valence-corrected chi connectivity index (χ0v) is 14.5. The normalized spacial score (nSPS) is 11.8. The van der Waals surface area contributed by atoms with Gasteiger partial charge in [0.15, 0.2) is 5.65 Å². The molecule has 132 valence electrons. The van der Waals surface area contributed by atoms with Crippen LogP contribution in [0.2, 0.25) is 10.0 Å². The van der Waals surface area contributed by atoms with Crippen LogP contribution >= 0.6 is 23.2 Å². The molecule has 2 aromatic heterocycles. The van der Waals surface area contributed by atoms with E-state index in [0.29, 0.717) is 21.2 Å². The van der Waals surface area contributed by atoms with Crippen molar-refractivity contribution in [2.75, 3.05) is 18.4 Å². The number of benzene rings is 1. The third-order valence-corrected chi connectivity index (χ3v) is 3.84. The summed E-state index contributed by atoms with van der Waals surface area (Å²) in [7, 11) is 0. The molecular formula is C16H15Cl2F2N5. The second-order valence-corrected chi connectivity index (χ2v) is 6.42. The molecule has 0 atom stereocenters. The number of hydrogen-bond acceptors (Lipinski definition) is 4. The second kappa shape index (κ2) is 7.51. The fourth-order valence-corrected chi connectivity index (χ4v) is 2.88. The third-order valence-electron chi connectivity index (χ3n) is 3.41. The van der Waals surface area contributed by atoms with Crippen molar-refractivity contribution < 1.29 is 8.78 Å². The van der Waals surface area contributed by atoms with E-state index in [1.54, 1.807) is 36.5 Å². The van der Waals surface area contributed by atoms with Crippen molar-refractivity contribution in [3.05, 3.63) is 52.1 Å². The van der Waals surface area contributed by atoms with Gasteiger partial charge in [0, 0.05) is 22.8 Å². The molecule has 0 radical (unpaired) electrons. The smallest absolute Gasteiger partial charge is 0.277 e. The Balaban J connectivity index is 1.51. The van der Waals surface area contributed by atoms with Crippen molar-refractivity contribution in [3.8, 4) is 0 Å². The summed E-state index contributed by atoms with van der Waals surface area (Å²) in [5, 5.41) is 6.25. The Morgan fingerprint density at radius 1 is 1.12 bits per heavy atom. The van der Waals surface area contributed by atoms with E-state index < -0.39 is 19.0 Å². The van der Waals surface area contributed by atoms with Gasteiger partial charge in [-0.2, -0.15) is 0 Å². The first-order valence-electron chi connectivity index (χ1n) is 7.49. The fraction of sp³-hybridized carbons (Fsp3) is 0.250. The second-order valence-electron chi connectivity index (χ2n) is 5.55. The number of halogens is 4. The van der Waals surface area contributed by atoms with Gasteiger partial charge in [-0.05, 0) is 35.9 Å². The molecule has 9 heteroatoms. The van der Waals surface area contributed by atoms with Crippen molar-refractivity contribution in [2.24, 2.45) is 0 Å². The molecule has 3 rings (SSSR count). The van der Waals surface area contributed by atoms with Gasteiger partial charge in [0.1, 0.15) is 5.52 Å². The van der Waals surface area contributed by atoms with Crippen LogP contribution in [0.15, 0.2) is 36.5 Å². The summed E-state index contributed by atoms with van der Waals surface area (Å²) in [5.74, 6) is -2.70. The number of aromatic amines is 1. The Morgan fingerprint density at radius 2 is 1.88 bits per heavy atom. The zero-order valence-electron chi connectivity index (χ0n) is 13.0. The van der Waals surface area contributed by atoms with E-state index >= 15 is 0 Å². The lowest BCUT2D eigenvalue weighted by molar-refractivity contribution is 0.0158. The maximum absolute atomic E-state index is 14.0. The summed E-state index contributed by atoms with van der Waals surface area (Å²) in [6.45, 7) is -0.816. The predicted octanol–water partition coefficient (Wildman–Crippen LogP) is 4.10. The molecule has 0 aliphatic heterocycles. The lowest BCUT2D eigenvalue weighted by Crippen LogP contribution is -2.38. The van der Waals surface area contributed by atoms with Gasteiger partial charge in [-0.1, -0.05) is 23.2 Å². The number of alkyl halides is 2. The molecule has 0 saturated heterocycles. The number of rotatable bonds is 7. The molecule has 25 heavy (non-hydrogen) atoms. The number of H-pyrrole nitrogens is 1. The molecule has 0 unspecified atom stereocenters. The number of anilines is 1. The van der Waals surface area contributed by atoms with Crippen LogP contribution in [0.1, 0.15) is 5.56 Å². The molecular weight excluding hydrogens is 371 g/mol. The van der Waals surface area contributed by atoms with E-state index in [4.69, 9.17) is 23.2 Å². The van der Waals surface area contributed by atoms with Crippen LogP contribution in [0, 0.1) is 0 Å². The van der Waals surface area contributed by atoms with Crippen LogP contribution in [-0.2, 0) is 6.54 Å². The molecule has 2 heterocycles. The van der Waals surface area contributed by atoms with Crippen LogP contribution in [0.25, 0.3) is 11.2 Å². The van der Waals surface area contributed by atoms with Gasteiger partial charge in [-0.3, -0.25) is 0 Å². The van der Waals surface area contributed by atoms with E-state index in [2.05, 4.69) is 25.6 Å². The quantitative estimate of drug-likeness (QED) is 0.572. The molecule has 0 saturated carbocycles. The number of fused-ring (bicyclic) bond motifs is 1. The van der Waals surface area contributed by atoms with Gasteiger partial charge < -0.3 is 15.6 Å². The van der Waals surface area contributed by atoms with Crippen LogP contribution in [0.3, 0.4) is 0 Å². The topological polar surface area (TPSA) is 65.6 Å². The predicted molar refractivity (Wildman–Crippen MR) is 95.5 cm³/mol. The maximum atomic E-state index is 14.0. The van der Waals surface area contributed by atoms with Gasteiger partial charge in [0.2, 0.25) is 5.95 Å². The lowest BCUT2D eigenvalue weighted by atomic mass is 10.2. The minimum atomic E-state index is -2.96. The Kier molecular flexibility index (Phi) is 5.36. The Morgan fingerprint density at radius 3 is 2.60 bits per heavy atom. The largest absolute Gasteiger partial charge is 0.350 e. The SMILES string of the molecule is FC(F)(CNCc1cc(Cl)cc(Cl)c1)CNc1nc2cccnc2[nH]1. The Labute approximate surface area is 152 Å². The van der Waals surface area contributed by atoms with Gasteiger partial charge >= 0.3 is 0 Å². The van der Waals surface area contributed by atoms with E-state index in [-0.39, 0.29) is 12.5 Å². The van der Waals surface area contributed by atoms with Crippen LogP contribution in [0.4, 0.5) is 14.7 Å². The average molecular weight is 386 g/mol. The first-order valence-corrected chi connectivity index (χ1v) is 8.25. The molecule has 3 N–H and O–H groups in total. The molecule has 5 nitrogen and oxygen atoms in total. The number of aromatic nitrogens is 3. The minimum absolute atomic E-state index is 0.241. The summed E-state index contributed by atoms with van der Waals surface area (Å²) in [6, 6.07) is 8.43. The Bertz CT molecular complexity index is 815. The molecule has 0 aliphatic rings. The molecule has 0 amide bonds. The highest BCUT2D eigenvalue weighted by atomic mass is 35.5. The van der Waals surface area contributed by atoms with Gasteiger partial charge in [-0.15, -0.1) is 0 Å². The van der Waals surface area contributed by atoms with Crippen molar-refractivity contribution in [3.63, 3.8) is 0 Å². The molecule has 1 aromatic carbocycles. The molecule has 0 bridgehead atoms. The minimum Gasteiger partial charge on any atom is -0.350 e. The van der Waals surface area contributed by atoms with Crippen LogP contribution in [-0.4, -0.2) is 34.0 Å². The number of pyridine rings is 1. The highest BCUT2D eigenvalue weighted by Gasteiger charge is 2.28. The van der Waals surface area contributed by atoms with E-state index in [0.717, 1.165) is 5.56 Å². The van der Waals surface area contributed by atoms with Crippen molar-refractivity contribution >= 4 is 40.3 Å². The average Bonchev–Trinajstić information content (AvgIpc) is 2.95. The van der Waals surface area contributed by atoms with Crippen molar-refractivity contribution in [1.29, 1.82) is 0 Å². The number of nitrogens with zero attached hydrogens (tertiary/aromatic N) is 2. The van der Waals surface area contributed by atoms with Gasteiger partial charge in [-0.25, -0.2) is 18.7 Å². The van der Waals surface area contributed by atoms with Crippen molar-refractivity contribution in [2.45, 2.75) is 12.5 Å². The summed E-state index contributed by atoms with van der Waals surface area (Å²) < 4.78 is 28.0. The number of hydrogen-bond donors (Lipinski definition) is 3. The highest BCUT2D eigenvalue weighted by molar-refractivity contribution is 6.34. The highest BCUT2D eigenvalue weighted by Crippen LogP contribution is 2.20. The van der Waals surface area contributed by atoms with Crippen LogP contribution in [0.5, 0.6) is 0 Å². The third kappa shape index (κ3) is 5.01. The standard InChI is InChI=1S/C16H15Cl2F2N5/c17-11-4-10(5-12(18)6-11)7-21-8-16(19,20)9-23-15-24-13-2-1-3-22-14(13)25-15/h1-6,21H,7-9H2,(H2,22,23,24,25). The molecule has 0 fully saturated rings. The van der Waals surface area contributed by atoms with Crippen molar-refractivity contribution in [1.82, 2.24) is 20.3 Å². The van der Waals surface area contributed by atoms with Crippen LogP contribution < -0.4 is 10.6 Å². The lowest BCUT2D eigenvalue weighted by Gasteiger charge is -2.17. The summed E-state index contributed by atoms with van der Waals surface area (Å²) in [6.07, 6.45) is 1.60. The molecule has 3 aromatic rings. The van der Waals surface area contributed by atoms with E-state index in [9.17, 15) is 8.78 Å². The number of nitrogens with one attached hydrogen (secondary N) is 3. The van der Waals surface area contributed by atoms with E-state index in [1.165, 1.54) is 0 Å². The Hall–Kier alpha value is -1.96. The first kappa shape index (κ1) is 17.8. The molecule has 0 spiro atoms. The maximum Gasteiger partial charge on any atom is 0.277 e.